The number of nitrogens with zero attached hydrogens (tertiary/aromatic N) is 1. The Kier molecular flexibility index (Phi) is 3.25. The van der Waals surface area contributed by atoms with Gasteiger partial charge in [0, 0.05) is 18.6 Å². The summed E-state index contributed by atoms with van der Waals surface area (Å²) >= 11 is 0. The van der Waals surface area contributed by atoms with Gasteiger partial charge in [0.05, 0.1) is 5.69 Å². The van der Waals surface area contributed by atoms with Crippen LogP contribution in [-0.2, 0) is 0 Å². The van der Waals surface area contributed by atoms with E-state index in [1.165, 1.54) is 12.8 Å². The van der Waals surface area contributed by atoms with Crippen LogP contribution in [0, 0.1) is 18.7 Å². The average Bonchev–Trinajstić information content (AvgIpc) is 3.16. The zero-order chi connectivity index (χ0) is 13.5. The molecule has 1 saturated carbocycles. The molecule has 1 unspecified atom stereocenters. The fraction of sp³-hybridized carbons (Fsp3) is 0.625. The van der Waals surface area contributed by atoms with Crippen molar-refractivity contribution in [1.82, 2.24) is 5.32 Å². The number of hydrogen-bond acceptors (Lipinski definition) is 2. The van der Waals surface area contributed by atoms with Crippen molar-refractivity contribution >= 4 is 5.69 Å². The number of halogens is 1. The molecule has 1 aromatic carbocycles. The number of hydrogen-bond donors (Lipinski definition) is 1. The van der Waals surface area contributed by atoms with Crippen molar-refractivity contribution in [2.45, 2.75) is 38.6 Å². The van der Waals surface area contributed by atoms with E-state index in [4.69, 9.17) is 0 Å². The lowest BCUT2D eigenvalue weighted by Gasteiger charge is -2.35. The van der Waals surface area contributed by atoms with Crippen molar-refractivity contribution in [1.29, 1.82) is 0 Å². The molecule has 0 aromatic heterocycles. The summed E-state index contributed by atoms with van der Waals surface area (Å²) in [6.45, 7) is 7.21. The topological polar surface area (TPSA) is 15.3 Å². The van der Waals surface area contributed by atoms with Gasteiger partial charge in [-0.15, -0.1) is 0 Å². The first-order valence-corrected chi connectivity index (χ1v) is 7.35. The molecule has 2 aliphatic rings. The molecule has 3 heteroatoms. The molecule has 104 valence electrons. The van der Waals surface area contributed by atoms with Crippen LogP contribution in [0.15, 0.2) is 18.2 Å². The fourth-order valence-electron chi connectivity index (χ4n) is 3.38. The summed E-state index contributed by atoms with van der Waals surface area (Å²) in [6.07, 6.45) is 3.71. The highest BCUT2D eigenvalue weighted by molar-refractivity contribution is 5.55. The summed E-state index contributed by atoms with van der Waals surface area (Å²) in [6, 6.07) is 5.38. The summed E-state index contributed by atoms with van der Waals surface area (Å²) in [5.74, 6) is 0.681. The van der Waals surface area contributed by atoms with Gasteiger partial charge in [-0.2, -0.15) is 0 Å². The lowest BCUT2D eigenvalue weighted by Crippen LogP contribution is -2.51. The summed E-state index contributed by atoms with van der Waals surface area (Å²) in [5.41, 5.74) is 1.99. The molecule has 2 nitrogen and oxygen atoms in total. The summed E-state index contributed by atoms with van der Waals surface area (Å²) in [4.78, 5) is 2.25. The maximum Gasteiger partial charge on any atom is 0.146 e. The molecule has 1 saturated heterocycles. The van der Waals surface area contributed by atoms with E-state index in [1.54, 1.807) is 12.1 Å². The Labute approximate surface area is 115 Å². The first-order valence-electron chi connectivity index (χ1n) is 7.35. The minimum Gasteiger partial charge on any atom is -0.367 e. The Balaban J connectivity index is 1.90. The predicted molar refractivity (Wildman–Crippen MR) is 77.1 cm³/mol. The molecule has 19 heavy (non-hydrogen) atoms. The van der Waals surface area contributed by atoms with Crippen molar-refractivity contribution in [2.75, 3.05) is 24.5 Å². The van der Waals surface area contributed by atoms with Gasteiger partial charge in [0.15, 0.2) is 0 Å². The number of para-hydroxylation sites is 1. The minimum atomic E-state index is -0.0833. The van der Waals surface area contributed by atoms with Crippen LogP contribution in [0.4, 0.5) is 10.1 Å². The fourth-order valence-corrected chi connectivity index (χ4v) is 3.38. The monoisotopic (exact) mass is 262 g/mol. The van der Waals surface area contributed by atoms with Crippen LogP contribution in [0.25, 0.3) is 0 Å². The third-order valence-electron chi connectivity index (χ3n) is 4.64. The van der Waals surface area contributed by atoms with Gasteiger partial charge in [0.1, 0.15) is 5.82 Å². The molecule has 1 heterocycles. The van der Waals surface area contributed by atoms with Crippen molar-refractivity contribution < 1.29 is 4.39 Å². The zero-order valence-corrected chi connectivity index (χ0v) is 11.9. The highest BCUT2D eigenvalue weighted by atomic mass is 19.1. The molecule has 1 aromatic rings. The first kappa shape index (κ1) is 12.9. The SMILES string of the molecule is Cc1cccc(F)c1N1CCCNC(C)(C2CC2)C1. The molecule has 1 aliphatic carbocycles. The molecule has 0 amide bonds. The van der Waals surface area contributed by atoms with Gasteiger partial charge in [-0.1, -0.05) is 12.1 Å². The van der Waals surface area contributed by atoms with Crippen molar-refractivity contribution in [3.8, 4) is 0 Å². The van der Waals surface area contributed by atoms with Crippen LogP contribution in [0.1, 0.15) is 31.7 Å². The van der Waals surface area contributed by atoms with E-state index < -0.39 is 0 Å². The van der Waals surface area contributed by atoms with Gasteiger partial charge in [0.2, 0.25) is 0 Å². The third-order valence-corrected chi connectivity index (χ3v) is 4.64. The standard InChI is InChI=1S/C16H23FN2/c1-12-5-3-6-14(17)15(12)19-10-4-9-18-16(2,11-19)13-7-8-13/h3,5-6,13,18H,4,7-11H2,1-2H3. The third kappa shape index (κ3) is 2.48. The van der Waals surface area contributed by atoms with E-state index in [-0.39, 0.29) is 11.4 Å². The number of benzene rings is 1. The molecular weight excluding hydrogens is 239 g/mol. The van der Waals surface area contributed by atoms with E-state index in [2.05, 4.69) is 17.1 Å². The lowest BCUT2D eigenvalue weighted by atomic mass is 9.95. The largest absolute Gasteiger partial charge is 0.367 e. The number of nitrogens with one attached hydrogen (secondary N) is 1. The molecule has 0 bridgehead atoms. The Morgan fingerprint density at radius 2 is 2.16 bits per heavy atom. The smallest absolute Gasteiger partial charge is 0.146 e. The Morgan fingerprint density at radius 1 is 1.37 bits per heavy atom. The minimum absolute atomic E-state index is 0.0833. The van der Waals surface area contributed by atoms with Crippen LogP contribution in [0.5, 0.6) is 0 Å². The lowest BCUT2D eigenvalue weighted by molar-refractivity contribution is 0.331. The second kappa shape index (κ2) is 4.78. The van der Waals surface area contributed by atoms with E-state index in [1.807, 2.05) is 13.0 Å². The molecule has 3 rings (SSSR count). The van der Waals surface area contributed by atoms with E-state index >= 15 is 0 Å². The Hall–Kier alpha value is -1.09. The summed E-state index contributed by atoms with van der Waals surface area (Å²) < 4.78 is 14.2. The second-order valence-electron chi connectivity index (χ2n) is 6.30. The number of aryl methyl sites for hydroxylation is 1. The number of rotatable bonds is 2. The molecular formula is C16H23FN2. The van der Waals surface area contributed by atoms with Gasteiger partial charge in [-0.3, -0.25) is 0 Å². The molecule has 0 spiro atoms. The highest BCUT2D eigenvalue weighted by Gasteiger charge is 2.43. The van der Waals surface area contributed by atoms with Gasteiger partial charge >= 0.3 is 0 Å². The zero-order valence-electron chi connectivity index (χ0n) is 11.9. The van der Waals surface area contributed by atoms with Crippen LogP contribution in [-0.4, -0.2) is 25.2 Å². The molecule has 1 N–H and O–H groups in total. The van der Waals surface area contributed by atoms with Crippen molar-refractivity contribution in [3.05, 3.63) is 29.6 Å². The highest BCUT2D eigenvalue weighted by Crippen LogP contribution is 2.41. The Morgan fingerprint density at radius 3 is 2.84 bits per heavy atom. The molecule has 0 radical (unpaired) electrons. The molecule has 2 fully saturated rings. The predicted octanol–water partition coefficient (Wildman–Crippen LogP) is 3.10. The van der Waals surface area contributed by atoms with Crippen molar-refractivity contribution in [2.24, 2.45) is 5.92 Å². The first-order chi connectivity index (χ1) is 9.10. The van der Waals surface area contributed by atoms with E-state index in [0.29, 0.717) is 0 Å². The van der Waals surface area contributed by atoms with Crippen molar-refractivity contribution in [3.63, 3.8) is 0 Å². The normalized spacial score (nSPS) is 28.3. The average molecular weight is 262 g/mol. The summed E-state index contributed by atoms with van der Waals surface area (Å²) in [7, 11) is 0. The van der Waals surface area contributed by atoms with Gasteiger partial charge in [-0.05, 0) is 57.2 Å². The van der Waals surface area contributed by atoms with E-state index in [0.717, 1.165) is 43.2 Å². The number of anilines is 1. The van der Waals surface area contributed by atoms with E-state index in [9.17, 15) is 4.39 Å². The second-order valence-corrected chi connectivity index (χ2v) is 6.30. The van der Waals surface area contributed by atoms with Crippen LogP contribution in [0.3, 0.4) is 0 Å². The van der Waals surface area contributed by atoms with Gasteiger partial charge < -0.3 is 10.2 Å². The molecule has 1 atom stereocenters. The van der Waals surface area contributed by atoms with Crippen LogP contribution < -0.4 is 10.2 Å². The van der Waals surface area contributed by atoms with Crippen LogP contribution >= 0.6 is 0 Å². The maximum atomic E-state index is 14.2. The van der Waals surface area contributed by atoms with Crippen LogP contribution in [0.2, 0.25) is 0 Å². The summed E-state index contributed by atoms with van der Waals surface area (Å²) in [5, 5.41) is 3.69. The molecule has 1 aliphatic heterocycles. The van der Waals surface area contributed by atoms with Gasteiger partial charge in [-0.25, -0.2) is 4.39 Å². The maximum absolute atomic E-state index is 14.2. The quantitative estimate of drug-likeness (QED) is 0.881. The Bertz CT molecular complexity index is 450. The van der Waals surface area contributed by atoms with Gasteiger partial charge in [0.25, 0.3) is 0 Å².